The zero-order valence-electron chi connectivity index (χ0n) is 9.43. The van der Waals surface area contributed by atoms with Crippen LogP contribution in [0.1, 0.15) is 18.9 Å². The summed E-state index contributed by atoms with van der Waals surface area (Å²) in [6.45, 7) is 5.00. The number of benzene rings is 1. The van der Waals surface area contributed by atoms with Crippen molar-refractivity contribution in [3.63, 3.8) is 0 Å². The van der Waals surface area contributed by atoms with Gasteiger partial charge in [-0.05, 0) is 30.7 Å². The lowest BCUT2D eigenvalue weighted by Gasteiger charge is -2.07. The van der Waals surface area contributed by atoms with Crippen molar-refractivity contribution >= 4 is 11.6 Å². The molecule has 0 heterocycles. The topological polar surface area (TPSA) is 21.3 Å². The van der Waals surface area contributed by atoms with E-state index < -0.39 is 0 Å². The Morgan fingerprint density at radius 3 is 2.88 bits per heavy atom. The minimum absolute atomic E-state index is 0.321. The van der Waals surface area contributed by atoms with Crippen molar-refractivity contribution in [3.05, 3.63) is 34.6 Å². The van der Waals surface area contributed by atoms with Crippen molar-refractivity contribution in [3.8, 4) is 0 Å². The van der Waals surface area contributed by atoms with Crippen molar-refractivity contribution in [1.82, 2.24) is 5.32 Å². The van der Waals surface area contributed by atoms with E-state index in [1.165, 1.54) is 12.1 Å². The Kier molecular flexibility index (Phi) is 6.38. The van der Waals surface area contributed by atoms with Crippen LogP contribution in [0.25, 0.3) is 0 Å². The van der Waals surface area contributed by atoms with Crippen LogP contribution in [-0.4, -0.2) is 19.7 Å². The highest BCUT2D eigenvalue weighted by atomic mass is 35.5. The molecule has 0 radical (unpaired) electrons. The molecule has 0 saturated heterocycles. The molecule has 0 fully saturated rings. The van der Waals surface area contributed by atoms with E-state index in [9.17, 15) is 4.39 Å². The van der Waals surface area contributed by atoms with Gasteiger partial charge in [0.15, 0.2) is 0 Å². The van der Waals surface area contributed by atoms with Gasteiger partial charge >= 0.3 is 0 Å². The first-order valence-electron chi connectivity index (χ1n) is 5.46. The summed E-state index contributed by atoms with van der Waals surface area (Å²) in [7, 11) is 0. The van der Waals surface area contributed by atoms with E-state index in [4.69, 9.17) is 16.3 Å². The number of halogens is 2. The quantitative estimate of drug-likeness (QED) is 0.746. The predicted molar refractivity (Wildman–Crippen MR) is 64.2 cm³/mol. The van der Waals surface area contributed by atoms with E-state index in [-0.39, 0.29) is 5.82 Å². The van der Waals surface area contributed by atoms with E-state index in [1.54, 1.807) is 6.07 Å². The lowest BCUT2D eigenvalue weighted by atomic mass is 10.2. The molecule has 0 saturated carbocycles. The monoisotopic (exact) mass is 245 g/mol. The van der Waals surface area contributed by atoms with Gasteiger partial charge in [0.1, 0.15) is 5.82 Å². The third kappa shape index (κ3) is 4.92. The van der Waals surface area contributed by atoms with Crippen molar-refractivity contribution in [1.29, 1.82) is 0 Å². The molecule has 4 heteroatoms. The molecule has 1 aromatic rings. The Hall–Kier alpha value is -0.640. The Morgan fingerprint density at radius 2 is 2.19 bits per heavy atom. The number of hydrogen-bond donors (Lipinski definition) is 1. The van der Waals surface area contributed by atoms with Gasteiger partial charge in [0.2, 0.25) is 0 Å². The highest BCUT2D eigenvalue weighted by molar-refractivity contribution is 6.31. The van der Waals surface area contributed by atoms with Crippen LogP contribution in [0, 0.1) is 5.82 Å². The third-order valence-corrected chi connectivity index (χ3v) is 2.47. The van der Waals surface area contributed by atoms with Gasteiger partial charge in [-0.25, -0.2) is 4.39 Å². The molecule has 90 valence electrons. The van der Waals surface area contributed by atoms with Crippen LogP contribution in [0.2, 0.25) is 5.02 Å². The van der Waals surface area contributed by atoms with Crippen molar-refractivity contribution in [2.75, 3.05) is 19.7 Å². The molecular formula is C12H17ClFNO. The lowest BCUT2D eigenvalue weighted by Crippen LogP contribution is -2.20. The largest absolute Gasteiger partial charge is 0.375 e. The van der Waals surface area contributed by atoms with Gasteiger partial charge in [-0.3, -0.25) is 0 Å². The van der Waals surface area contributed by atoms with Crippen molar-refractivity contribution in [2.45, 2.75) is 20.0 Å². The number of nitrogens with one attached hydrogen (secondary N) is 1. The second kappa shape index (κ2) is 7.60. The summed E-state index contributed by atoms with van der Waals surface area (Å²) in [4.78, 5) is 0. The van der Waals surface area contributed by atoms with Gasteiger partial charge in [0, 0.05) is 11.6 Å². The van der Waals surface area contributed by atoms with Crippen LogP contribution in [0.3, 0.4) is 0 Å². The van der Waals surface area contributed by atoms with Gasteiger partial charge in [-0.1, -0.05) is 24.6 Å². The zero-order valence-corrected chi connectivity index (χ0v) is 10.2. The summed E-state index contributed by atoms with van der Waals surface area (Å²) in [6.07, 6.45) is 1.11. The Balaban J connectivity index is 2.21. The molecule has 1 N–H and O–H groups in total. The van der Waals surface area contributed by atoms with E-state index >= 15 is 0 Å². The first kappa shape index (κ1) is 13.4. The van der Waals surface area contributed by atoms with Gasteiger partial charge in [0.05, 0.1) is 13.2 Å². The molecule has 0 amide bonds. The van der Waals surface area contributed by atoms with Crippen LogP contribution in [0.4, 0.5) is 4.39 Å². The van der Waals surface area contributed by atoms with Crippen LogP contribution in [-0.2, 0) is 11.3 Å². The minimum Gasteiger partial charge on any atom is -0.375 e. The van der Waals surface area contributed by atoms with Crippen LogP contribution >= 0.6 is 11.6 Å². The maximum absolute atomic E-state index is 12.7. The van der Waals surface area contributed by atoms with E-state index in [2.05, 4.69) is 12.2 Å². The molecule has 2 nitrogen and oxygen atoms in total. The molecule has 0 aliphatic rings. The summed E-state index contributed by atoms with van der Waals surface area (Å²) in [5, 5.41) is 3.65. The Bertz CT molecular complexity index is 320. The average Bonchev–Trinajstić information content (AvgIpc) is 2.26. The van der Waals surface area contributed by atoms with Gasteiger partial charge in [-0.2, -0.15) is 0 Å². The fourth-order valence-electron chi connectivity index (χ4n) is 1.27. The minimum atomic E-state index is -0.321. The molecule has 0 aliphatic heterocycles. The predicted octanol–water partition coefficient (Wildman–Crippen LogP) is 3.00. The van der Waals surface area contributed by atoms with Gasteiger partial charge < -0.3 is 10.1 Å². The zero-order chi connectivity index (χ0) is 11.8. The highest BCUT2D eigenvalue weighted by Gasteiger charge is 2.01. The molecule has 0 spiro atoms. The molecule has 1 rings (SSSR count). The summed E-state index contributed by atoms with van der Waals surface area (Å²) in [5.41, 5.74) is 0.818. The van der Waals surface area contributed by atoms with Crippen LogP contribution in [0.5, 0.6) is 0 Å². The van der Waals surface area contributed by atoms with Gasteiger partial charge in [0.25, 0.3) is 0 Å². The number of hydrogen-bond acceptors (Lipinski definition) is 2. The second-order valence-electron chi connectivity index (χ2n) is 3.54. The molecule has 1 aromatic carbocycles. The van der Waals surface area contributed by atoms with E-state index in [0.717, 1.165) is 25.1 Å². The van der Waals surface area contributed by atoms with Crippen molar-refractivity contribution < 1.29 is 9.13 Å². The maximum atomic E-state index is 12.7. The SMILES string of the molecule is CCCNCCOCc1ccc(F)cc1Cl. The number of ether oxygens (including phenoxy) is 1. The van der Waals surface area contributed by atoms with Gasteiger partial charge in [-0.15, -0.1) is 0 Å². The molecule has 0 aliphatic carbocycles. The smallest absolute Gasteiger partial charge is 0.124 e. The molecule has 0 unspecified atom stereocenters. The summed E-state index contributed by atoms with van der Waals surface area (Å²) in [6, 6.07) is 4.34. The van der Waals surface area contributed by atoms with E-state index in [1.807, 2.05) is 0 Å². The molecule has 0 atom stereocenters. The number of rotatable bonds is 7. The lowest BCUT2D eigenvalue weighted by molar-refractivity contribution is 0.123. The van der Waals surface area contributed by atoms with E-state index in [0.29, 0.717) is 18.2 Å². The second-order valence-corrected chi connectivity index (χ2v) is 3.95. The first-order valence-corrected chi connectivity index (χ1v) is 5.84. The summed E-state index contributed by atoms with van der Waals surface area (Å²) in [5.74, 6) is -0.321. The highest BCUT2D eigenvalue weighted by Crippen LogP contribution is 2.17. The standard InChI is InChI=1S/C12H17ClFNO/c1-2-5-15-6-7-16-9-10-3-4-11(14)8-12(10)13/h3-4,8,15H,2,5-7,9H2,1H3. The Labute approximate surface area is 101 Å². The normalized spacial score (nSPS) is 10.7. The maximum Gasteiger partial charge on any atom is 0.124 e. The average molecular weight is 246 g/mol. The molecule has 0 aromatic heterocycles. The van der Waals surface area contributed by atoms with Crippen molar-refractivity contribution in [2.24, 2.45) is 0 Å². The summed E-state index contributed by atoms with van der Waals surface area (Å²) < 4.78 is 18.2. The van der Waals surface area contributed by atoms with Crippen LogP contribution < -0.4 is 5.32 Å². The third-order valence-electron chi connectivity index (χ3n) is 2.12. The summed E-state index contributed by atoms with van der Waals surface area (Å²) >= 11 is 5.86. The molecule has 0 bridgehead atoms. The fourth-order valence-corrected chi connectivity index (χ4v) is 1.49. The van der Waals surface area contributed by atoms with Crippen LogP contribution in [0.15, 0.2) is 18.2 Å². The molecular weight excluding hydrogens is 229 g/mol. The fraction of sp³-hybridized carbons (Fsp3) is 0.500. The molecule has 16 heavy (non-hydrogen) atoms. The first-order chi connectivity index (χ1) is 7.74. The Morgan fingerprint density at radius 1 is 1.38 bits per heavy atom.